The first-order valence-corrected chi connectivity index (χ1v) is 7.23. The van der Waals surface area contributed by atoms with Gasteiger partial charge in [0.1, 0.15) is 6.10 Å². The normalized spacial score (nSPS) is 18.2. The lowest BCUT2D eigenvalue weighted by atomic mass is 9.93. The van der Waals surface area contributed by atoms with Crippen LogP contribution >= 0.6 is 0 Å². The van der Waals surface area contributed by atoms with E-state index in [1.807, 2.05) is 20.8 Å². The fraction of sp³-hybridized carbons (Fsp3) is 0.846. The van der Waals surface area contributed by atoms with Crippen LogP contribution in [0.1, 0.15) is 41.0 Å². The molecular weight excluding hydrogens is 250 g/mol. The minimum Gasteiger partial charge on any atom is -0.388 e. The van der Waals surface area contributed by atoms with Crippen molar-refractivity contribution in [1.29, 1.82) is 0 Å². The second-order valence-electron chi connectivity index (χ2n) is 5.94. The van der Waals surface area contributed by atoms with Crippen molar-refractivity contribution < 1.29 is 14.1 Å². The van der Waals surface area contributed by atoms with Crippen LogP contribution in [0.5, 0.6) is 0 Å². The molecule has 0 aliphatic rings. The summed E-state index contributed by atoms with van der Waals surface area (Å²) in [5.74, 6) is 0. The molecule has 0 spiro atoms. The Morgan fingerprint density at radius 2 is 1.89 bits per heavy atom. The maximum Gasteiger partial charge on any atom is 0.102 e. The zero-order valence-corrected chi connectivity index (χ0v) is 13.1. The lowest BCUT2D eigenvalue weighted by Gasteiger charge is -2.35. The van der Waals surface area contributed by atoms with Crippen molar-refractivity contribution in [2.75, 3.05) is 7.11 Å². The van der Waals surface area contributed by atoms with Gasteiger partial charge in [0.15, 0.2) is 0 Å². The first-order valence-electron chi connectivity index (χ1n) is 6.08. The number of hydrogen-bond acceptors (Lipinski definition) is 3. The topological polar surface area (TPSA) is 58.6 Å². The van der Waals surface area contributed by atoms with Crippen molar-refractivity contribution in [1.82, 2.24) is 4.72 Å². The van der Waals surface area contributed by atoms with E-state index in [2.05, 4.69) is 11.3 Å². The molecule has 18 heavy (non-hydrogen) atoms. The predicted octanol–water partition coefficient (Wildman–Crippen LogP) is 1.77. The molecule has 0 aromatic rings. The van der Waals surface area contributed by atoms with Gasteiger partial charge in [-0.1, -0.05) is 6.08 Å². The fourth-order valence-electron chi connectivity index (χ4n) is 1.67. The molecule has 0 amide bonds. The third-order valence-electron chi connectivity index (χ3n) is 2.55. The molecule has 1 unspecified atom stereocenters. The molecule has 4 nitrogen and oxygen atoms in total. The third kappa shape index (κ3) is 5.61. The Labute approximate surface area is 113 Å². The lowest BCUT2D eigenvalue weighted by Crippen LogP contribution is -2.54. The van der Waals surface area contributed by atoms with Crippen molar-refractivity contribution >= 4 is 11.0 Å². The van der Waals surface area contributed by atoms with E-state index >= 15 is 0 Å². The Kier molecular flexibility index (Phi) is 6.71. The molecule has 0 radical (unpaired) electrons. The van der Waals surface area contributed by atoms with Gasteiger partial charge in [0.25, 0.3) is 0 Å². The smallest absolute Gasteiger partial charge is 0.102 e. The molecule has 3 atom stereocenters. The van der Waals surface area contributed by atoms with E-state index in [0.29, 0.717) is 6.42 Å². The van der Waals surface area contributed by atoms with Crippen LogP contribution in [0.15, 0.2) is 12.7 Å². The molecule has 0 bridgehead atoms. The van der Waals surface area contributed by atoms with E-state index < -0.39 is 22.7 Å². The summed E-state index contributed by atoms with van der Waals surface area (Å²) in [6.07, 6.45) is 1.85. The highest BCUT2D eigenvalue weighted by Gasteiger charge is 2.35. The maximum absolute atomic E-state index is 12.1. The number of rotatable bonds is 7. The van der Waals surface area contributed by atoms with E-state index in [4.69, 9.17) is 4.74 Å². The summed E-state index contributed by atoms with van der Waals surface area (Å²) in [5.41, 5.74) is -1.02. The van der Waals surface area contributed by atoms with E-state index in [9.17, 15) is 9.32 Å². The van der Waals surface area contributed by atoms with Gasteiger partial charge in [-0.3, -0.25) is 0 Å². The average Bonchev–Trinajstić information content (AvgIpc) is 2.14. The van der Waals surface area contributed by atoms with Crippen molar-refractivity contribution in [2.45, 2.75) is 63.5 Å². The Hall–Kier alpha value is -0.230. The molecule has 0 aliphatic carbocycles. The quantitative estimate of drug-likeness (QED) is 0.697. The second kappa shape index (κ2) is 6.80. The lowest BCUT2D eigenvalue weighted by molar-refractivity contribution is -0.0827. The SMILES string of the molecule is C=CC[C@H](NS(=O)C(C)(C)C)[C@@H](OC)C(C)(C)O. The van der Waals surface area contributed by atoms with Crippen LogP contribution in [0.25, 0.3) is 0 Å². The molecule has 0 aliphatic heterocycles. The summed E-state index contributed by atoms with van der Waals surface area (Å²) in [5, 5.41) is 10.1. The molecule has 108 valence electrons. The van der Waals surface area contributed by atoms with Gasteiger partial charge in [-0.25, -0.2) is 8.93 Å². The molecule has 0 saturated carbocycles. The van der Waals surface area contributed by atoms with Crippen molar-refractivity contribution in [2.24, 2.45) is 0 Å². The minimum atomic E-state index is -1.21. The van der Waals surface area contributed by atoms with Gasteiger partial charge in [0, 0.05) is 7.11 Å². The zero-order valence-electron chi connectivity index (χ0n) is 12.3. The largest absolute Gasteiger partial charge is 0.388 e. The highest BCUT2D eigenvalue weighted by Crippen LogP contribution is 2.20. The number of nitrogens with one attached hydrogen (secondary N) is 1. The van der Waals surface area contributed by atoms with Crippen LogP contribution in [-0.2, 0) is 15.7 Å². The van der Waals surface area contributed by atoms with Crippen molar-refractivity contribution in [3.63, 3.8) is 0 Å². The number of methoxy groups -OCH3 is 1. The average molecular weight is 277 g/mol. The van der Waals surface area contributed by atoms with E-state index in [1.165, 1.54) is 0 Å². The zero-order chi connectivity index (χ0) is 14.6. The fourth-order valence-corrected chi connectivity index (χ4v) is 2.52. The van der Waals surface area contributed by atoms with Gasteiger partial charge in [0.2, 0.25) is 0 Å². The molecule has 0 aromatic carbocycles. The first-order chi connectivity index (χ1) is 8.04. The summed E-state index contributed by atoms with van der Waals surface area (Å²) < 4.78 is 20.1. The van der Waals surface area contributed by atoms with Gasteiger partial charge >= 0.3 is 0 Å². The Balaban J connectivity index is 4.96. The number of aliphatic hydroxyl groups is 1. The van der Waals surface area contributed by atoms with Crippen LogP contribution in [0.4, 0.5) is 0 Å². The molecule has 0 rings (SSSR count). The number of hydrogen-bond donors (Lipinski definition) is 2. The van der Waals surface area contributed by atoms with Gasteiger partial charge < -0.3 is 9.84 Å². The van der Waals surface area contributed by atoms with Crippen molar-refractivity contribution in [3.8, 4) is 0 Å². The van der Waals surface area contributed by atoms with Crippen LogP contribution in [-0.4, -0.2) is 38.9 Å². The summed E-state index contributed by atoms with van der Waals surface area (Å²) >= 11 is 0. The summed E-state index contributed by atoms with van der Waals surface area (Å²) in [6, 6.07) is -0.243. The summed E-state index contributed by atoms with van der Waals surface area (Å²) in [4.78, 5) is 0. The second-order valence-corrected chi connectivity index (χ2v) is 7.94. The standard InChI is InChI=1S/C13H27NO3S/c1-8-9-10(11(17-7)13(5,6)15)14-18(16)12(2,3)4/h8,10-11,14-15H,1,9H2,2-7H3/t10-,11+,18?/m0/s1. The number of ether oxygens (including phenoxy) is 1. The molecule has 0 heterocycles. The van der Waals surface area contributed by atoms with Gasteiger partial charge in [-0.15, -0.1) is 6.58 Å². The minimum absolute atomic E-state index is 0.243. The molecule has 2 N–H and O–H groups in total. The van der Waals surface area contributed by atoms with Gasteiger partial charge in [-0.2, -0.15) is 0 Å². The molecule has 5 heteroatoms. The molecular formula is C13H27NO3S. The van der Waals surface area contributed by atoms with Gasteiger partial charge in [0.05, 0.1) is 27.4 Å². The highest BCUT2D eigenvalue weighted by molar-refractivity contribution is 7.84. The van der Waals surface area contributed by atoms with Crippen LogP contribution in [0.3, 0.4) is 0 Å². The van der Waals surface area contributed by atoms with Crippen LogP contribution < -0.4 is 4.72 Å². The third-order valence-corrected chi connectivity index (χ3v) is 4.18. The van der Waals surface area contributed by atoms with Gasteiger partial charge in [-0.05, 0) is 41.0 Å². The molecule has 0 fully saturated rings. The summed E-state index contributed by atoms with van der Waals surface area (Å²) in [6.45, 7) is 12.7. The van der Waals surface area contributed by atoms with Crippen LogP contribution in [0.2, 0.25) is 0 Å². The predicted molar refractivity (Wildman–Crippen MR) is 76.7 cm³/mol. The summed E-state index contributed by atoms with van der Waals surface area (Å²) in [7, 11) is 0.327. The van der Waals surface area contributed by atoms with E-state index in [1.54, 1.807) is 27.0 Å². The van der Waals surface area contributed by atoms with Crippen LogP contribution in [0, 0.1) is 0 Å². The Morgan fingerprint density at radius 1 is 1.39 bits per heavy atom. The van der Waals surface area contributed by atoms with E-state index in [-0.39, 0.29) is 10.8 Å². The maximum atomic E-state index is 12.1. The first kappa shape index (κ1) is 17.8. The van der Waals surface area contributed by atoms with Crippen molar-refractivity contribution in [3.05, 3.63) is 12.7 Å². The molecule has 0 saturated heterocycles. The Bertz CT molecular complexity index is 292. The Morgan fingerprint density at radius 3 is 2.17 bits per heavy atom. The molecule has 0 aromatic heterocycles. The monoisotopic (exact) mass is 277 g/mol. The van der Waals surface area contributed by atoms with E-state index in [0.717, 1.165) is 0 Å². The highest BCUT2D eigenvalue weighted by atomic mass is 32.2.